The molecule has 0 aliphatic carbocycles. The summed E-state index contributed by atoms with van der Waals surface area (Å²) >= 11 is 12.1. The number of hydrogen-bond acceptors (Lipinski definition) is 2. The molecule has 0 radical (unpaired) electrons. The molecule has 0 saturated carbocycles. The fraction of sp³-hybridized carbons (Fsp3) is 0.231. The molecule has 0 amide bonds. The Kier molecular flexibility index (Phi) is 3.65. The summed E-state index contributed by atoms with van der Waals surface area (Å²) in [5.41, 5.74) is 2.81. The van der Waals surface area contributed by atoms with E-state index in [0.29, 0.717) is 5.15 Å². The molecule has 0 aliphatic rings. The van der Waals surface area contributed by atoms with Crippen molar-refractivity contribution in [2.45, 2.75) is 20.3 Å². The molecule has 1 aromatic heterocycles. The maximum atomic E-state index is 6.10. The number of benzene rings is 1. The summed E-state index contributed by atoms with van der Waals surface area (Å²) in [6.07, 6.45) is 0.757. The third-order valence-electron chi connectivity index (χ3n) is 2.53. The van der Waals surface area contributed by atoms with E-state index in [2.05, 4.69) is 9.97 Å². The number of nitrogens with zero attached hydrogens (tertiary/aromatic N) is 2. The van der Waals surface area contributed by atoms with Crippen molar-refractivity contribution in [3.05, 3.63) is 45.8 Å². The molecule has 1 heterocycles. The first kappa shape index (κ1) is 12.3. The van der Waals surface area contributed by atoms with E-state index in [1.807, 2.05) is 32.0 Å². The molecule has 2 nitrogen and oxygen atoms in total. The van der Waals surface area contributed by atoms with Crippen LogP contribution in [0.4, 0.5) is 0 Å². The molecule has 2 aromatic rings. The zero-order chi connectivity index (χ0) is 12.4. The summed E-state index contributed by atoms with van der Waals surface area (Å²) < 4.78 is 0. The molecule has 0 N–H and O–H groups in total. The van der Waals surface area contributed by atoms with Gasteiger partial charge in [-0.3, -0.25) is 0 Å². The normalized spacial score (nSPS) is 10.6. The zero-order valence-electron chi connectivity index (χ0n) is 9.67. The highest BCUT2D eigenvalue weighted by molar-refractivity contribution is 6.31. The van der Waals surface area contributed by atoms with Gasteiger partial charge in [0.15, 0.2) is 0 Å². The van der Waals surface area contributed by atoms with E-state index in [1.54, 1.807) is 6.07 Å². The van der Waals surface area contributed by atoms with Crippen LogP contribution in [0, 0.1) is 6.92 Å². The molecule has 0 spiro atoms. The molecule has 0 unspecified atom stereocenters. The van der Waals surface area contributed by atoms with Crippen LogP contribution in [0.15, 0.2) is 24.3 Å². The van der Waals surface area contributed by atoms with Gasteiger partial charge < -0.3 is 0 Å². The van der Waals surface area contributed by atoms with E-state index in [1.165, 1.54) is 0 Å². The van der Waals surface area contributed by atoms with Gasteiger partial charge in [-0.2, -0.15) is 0 Å². The van der Waals surface area contributed by atoms with Crippen LogP contribution in [0.2, 0.25) is 10.2 Å². The molecule has 0 atom stereocenters. The Bertz CT molecular complexity index is 553. The van der Waals surface area contributed by atoms with Gasteiger partial charge in [-0.1, -0.05) is 42.3 Å². The van der Waals surface area contributed by atoms with Gasteiger partial charge in [-0.25, -0.2) is 9.97 Å². The minimum atomic E-state index is 0.462. The molecule has 88 valence electrons. The standard InChI is InChI=1S/C13H12Cl2N2/c1-3-13-16-11(7-12(15)17-13)9-5-4-8(2)10(14)6-9/h4-7H,3H2,1-2H3. The van der Waals surface area contributed by atoms with Gasteiger partial charge in [0.25, 0.3) is 0 Å². The van der Waals surface area contributed by atoms with E-state index >= 15 is 0 Å². The van der Waals surface area contributed by atoms with Crippen molar-refractivity contribution >= 4 is 23.2 Å². The van der Waals surface area contributed by atoms with Crippen LogP contribution in [0.25, 0.3) is 11.3 Å². The Balaban J connectivity index is 2.52. The van der Waals surface area contributed by atoms with Crippen LogP contribution in [-0.4, -0.2) is 9.97 Å². The lowest BCUT2D eigenvalue weighted by Crippen LogP contribution is -1.95. The Morgan fingerprint density at radius 3 is 2.53 bits per heavy atom. The highest BCUT2D eigenvalue weighted by Gasteiger charge is 2.06. The Labute approximate surface area is 111 Å². The number of halogens is 2. The second-order valence-corrected chi connectivity index (χ2v) is 4.60. The predicted octanol–water partition coefficient (Wildman–Crippen LogP) is 4.32. The van der Waals surface area contributed by atoms with Crippen LogP contribution in [0.3, 0.4) is 0 Å². The van der Waals surface area contributed by atoms with E-state index in [9.17, 15) is 0 Å². The third-order valence-corrected chi connectivity index (χ3v) is 3.13. The minimum Gasteiger partial charge on any atom is -0.233 e. The Morgan fingerprint density at radius 2 is 1.88 bits per heavy atom. The molecule has 0 saturated heterocycles. The molecule has 4 heteroatoms. The average molecular weight is 267 g/mol. The Morgan fingerprint density at radius 1 is 1.12 bits per heavy atom. The van der Waals surface area contributed by atoms with Gasteiger partial charge in [0.05, 0.1) is 5.69 Å². The summed E-state index contributed by atoms with van der Waals surface area (Å²) in [6, 6.07) is 7.61. The van der Waals surface area contributed by atoms with Gasteiger partial charge in [-0.15, -0.1) is 0 Å². The van der Waals surface area contributed by atoms with E-state index < -0.39 is 0 Å². The summed E-state index contributed by atoms with van der Waals surface area (Å²) in [4.78, 5) is 8.58. The largest absolute Gasteiger partial charge is 0.233 e. The first-order chi connectivity index (χ1) is 8.10. The minimum absolute atomic E-state index is 0.462. The monoisotopic (exact) mass is 266 g/mol. The fourth-order valence-corrected chi connectivity index (χ4v) is 1.90. The first-order valence-electron chi connectivity index (χ1n) is 5.40. The SMILES string of the molecule is CCc1nc(Cl)cc(-c2ccc(C)c(Cl)c2)n1. The van der Waals surface area contributed by atoms with Crippen molar-refractivity contribution in [1.29, 1.82) is 0 Å². The smallest absolute Gasteiger partial charge is 0.133 e. The van der Waals surface area contributed by atoms with Gasteiger partial charge >= 0.3 is 0 Å². The van der Waals surface area contributed by atoms with E-state index in [0.717, 1.165) is 34.1 Å². The van der Waals surface area contributed by atoms with Gasteiger partial charge in [0, 0.05) is 23.1 Å². The summed E-state index contributed by atoms with van der Waals surface area (Å²) in [5.74, 6) is 0.740. The second-order valence-electron chi connectivity index (χ2n) is 3.81. The van der Waals surface area contributed by atoms with Crippen LogP contribution in [0.5, 0.6) is 0 Å². The highest BCUT2D eigenvalue weighted by atomic mass is 35.5. The molecule has 0 bridgehead atoms. The van der Waals surface area contributed by atoms with Gasteiger partial charge in [0.2, 0.25) is 0 Å². The van der Waals surface area contributed by atoms with Gasteiger partial charge in [0.1, 0.15) is 11.0 Å². The number of hydrogen-bond donors (Lipinski definition) is 0. The number of rotatable bonds is 2. The molecule has 2 rings (SSSR count). The molecular formula is C13H12Cl2N2. The average Bonchev–Trinajstić information content (AvgIpc) is 2.32. The molecular weight excluding hydrogens is 255 g/mol. The topological polar surface area (TPSA) is 25.8 Å². The van der Waals surface area contributed by atoms with Crippen molar-refractivity contribution in [2.75, 3.05) is 0 Å². The Hall–Kier alpha value is -1.12. The molecule has 1 aromatic carbocycles. The van der Waals surface area contributed by atoms with E-state index in [-0.39, 0.29) is 0 Å². The third kappa shape index (κ3) is 2.76. The van der Waals surface area contributed by atoms with Crippen LogP contribution >= 0.6 is 23.2 Å². The van der Waals surface area contributed by atoms with Crippen LogP contribution in [0.1, 0.15) is 18.3 Å². The maximum absolute atomic E-state index is 6.10. The zero-order valence-corrected chi connectivity index (χ0v) is 11.2. The molecule has 17 heavy (non-hydrogen) atoms. The summed E-state index contributed by atoms with van der Waals surface area (Å²) in [7, 11) is 0. The van der Waals surface area contributed by atoms with E-state index in [4.69, 9.17) is 23.2 Å². The van der Waals surface area contributed by atoms with Crippen molar-refractivity contribution in [1.82, 2.24) is 9.97 Å². The van der Waals surface area contributed by atoms with Crippen molar-refractivity contribution in [3.63, 3.8) is 0 Å². The lowest BCUT2D eigenvalue weighted by Gasteiger charge is -2.05. The predicted molar refractivity (Wildman–Crippen MR) is 71.6 cm³/mol. The quantitative estimate of drug-likeness (QED) is 0.757. The second kappa shape index (κ2) is 5.03. The lowest BCUT2D eigenvalue weighted by molar-refractivity contribution is 0.943. The van der Waals surface area contributed by atoms with Gasteiger partial charge in [-0.05, 0) is 18.6 Å². The van der Waals surface area contributed by atoms with Crippen LogP contribution < -0.4 is 0 Å². The number of aryl methyl sites for hydroxylation is 2. The number of aromatic nitrogens is 2. The van der Waals surface area contributed by atoms with Crippen molar-refractivity contribution in [2.24, 2.45) is 0 Å². The molecule has 0 fully saturated rings. The highest BCUT2D eigenvalue weighted by Crippen LogP contribution is 2.25. The van der Waals surface area contributed by atoms with Crippen molar-refractivity contribution in [3.8, 4) is 11.3 Å². The fourth-order valence-electron chi connectivity index (χ4n) is 1.52. The van der Waals surface area contributed by atoms with Crippen molar-refractivity contribution < 1.29 is 0 Å². The summed E-state index contributed by atoms with van der Waals surface area (Å²) in [5, 5.41) is 1.19. The first-order valence-corrected chi connectivity index (χ1v) is 6.15. The lowest BCUT2D eigenvalue weighted by atomic mass is 10.1. The maximum Gasteiger partial charge on any atom is 0.133 e. The molecule has 0 aliphatic heterocycles. The summed E-state index contributed by atoms with van der Waals surface area (Å²) in [6.45, 7) is 3.97. The van der Waals surface area contributed by atoms with Crippen LogP contribution in [-0.2, 0) is 6.42 Å².